The second-order valence-electron chi connectivity index (χ2n) is 8.56. The Morgan fingerprint density at radius 2 is 1.97 bits per heavy atom. The zero-order chi connectivity index (χ0) is 20.8. The van der Waals surface area contributed by atoms with E-state index in [-0.39, 0.29) is 22.7 Å². The lowest BCUT2D eigenvalue weighted by Crippen LogP contribution is -2.41. The predicted molar refractivity (Wildman–Crippen MR) is 115 cm³/mol. The Bertz CT molecular complexity index is 1030. The lowest BCUT2D eigenvalue weighted by molar-refractivity contribution is -0.124. The number of hydrogen-bond donors (Lipinski definition) is 2. The van der Waals surface area contributed by atoms with Crippen molar-refractivity contribution < 1.29 is 4.79 Å². The van der Waals surface area contributed by atoms with Gasteiger partial charge in [-0.1, -0.05) is 45.5 Å². The average molecular weight is 411 g/mol. The lowest BCUT2D eigenvalue weighted by Gasteiger charge is -2.40. The minimum Gasteiger partial charge on any atom is -0.343 e. The normalized spacial score (nSPS) is 23.4. The number of allylic oxidation sites excluding steroid dienone is 2. The smallest absolute Gasteiger partial charge is 0.257 e. The third-order valence-corrected chi connectivity index (χ3v) is 6.80. The van der Waals surface area contributed by atoms with Gasteiger partial charge in [-0.05, 0) is 29.5 Å². The molecule has 1 aliphatic carbocycles. The summed E-state index contributed by atoms with van der Waals surface area (Å²) in [4.78, 5) is 38.1. The molecule has 3 heterocycles. The first-order valence-electron chi connectivity index (χ1n) is 10.0. The lowest BCUT2D eigenvalue weighted by atomic mass is 9.67. The molecule has 0 aromatic carbocycles. The number of ketones is 1. The fourth-order valence-corrected chi connectivity index (χ4v) is 5.03. The predicted octanol–water partition coefficient (Wildman–Crippen LogP) is 4.11. The summed E-state index contributed by atoms with van der Waals surface area (Å²) in [6.45, 7) is 8.33. The number of fused-ring (bicyclic) bond motifs is 2. The van der Waals surface area contributed by atoms with Gasteiger partial charge in [-0.2, -0.15) is 0 Å². The highest BCUT2D eigenvalue weighted by Gasteiger charge is 2.45. The molecule has 2 aromatic rings. The Morgan fingerprint density at radius 1 is 1.24 bits per heavy atom. The van der Waals surface area contributed by atoms with Crippen LogP contribution in [0.5, 0.6) is 0 Å². The summed E-state index contributed by atoms with van der Waals surface area (Å²) < 4.78 is 0. The van der Waals surface area contributed by atoms with Crippen molar-refractivity contribution in [3.8, 4) is 0 Å². The highest BCUT2D eigenvalue weighted by molar-refractivity contribution is 7.99. The molecule has 0 amide bonds. The van der Waals surface area contributed by atoms with Crippen molar-refractivity contribution in [3.63, 3.8) is 0 Å². The number of aromatic nitrogens is 3. The molecule has 2 aliphatic rings. The number of Topliss-reactive ketones (excluding diaryl/α,β-unsaturated/α-hetero) is 1. The van der Waals surface area contributed by atoms with Crippen LogP contribution in [-0.2, 0) is 4.79 Å². The van der Waals surface area contributed by atoms with Gasteiger partial charge in [0, 0.05) is 35.7 Å². The summed E-state index contributed by atoms with van der Waals surface area (Å²) in [5.41, 5.74) is 1.86. The molecule has 0 fully saturated rings. The third-order valence-electron chi connectivity index (χ3n) is 5.65. The molecule has 0 unspecified atom stereocenters. The molecule has 7 heteroatoms. The molecular formula is C22H26N4O2S. The Labute approximate surface area is 174 Å². The van der Waals surface area contributed by atoms with E-state index >= 15 is 0 Å². The molecular weight excluding hydrogens is 384 g/mol. The largest absolute Gasteiger partial charge is 0.343 e. The monoisotopic (exact) mass is 410 g/mol. The van der Waals surface area contributed by atoms with Crippen LogP contribution in [0.4, 0.5) is 5.82 Å². The number of nitrogens with one attached hydrogen (secondary N) is 2. The van der Waals surface area contributed by atoms with E-state index in [1.807, 2.05) is 12.1 Å². The third kappa shape index (κ3) is 3.75. The molecule has 6 nitrogen and oxygen atoms in total. The Hall–Kier alpha value is -2.41. The molecule has 2 N–H and O–H groups in total. The minimum atomic E-state index is -0.408. The summed E-state index contributed by atoms with van der Waals surface area (Å²) >= 11 is 1.55. The zero-order valence-electron chi connectivity index (χ0n) is 17.2. The van der Waals surface area contributed by atoms with Gasteiger partial charge >= 0.3 is 0 Å². The summed E-state index contributed by atoms with van der Waals surface area (Å²) in [6, 6.07) is 3.76. The summed E-state index contributed by atoms with van der Waals surface area (Å²) in [7, 11) is 0. The van der Waals surface area contributed by atoms with Crippen molar-refractivity contribution in [1.29, 1.82) is 0 Å². The second kappa shape index (κ2) is 7.44. The van der Waals surface area contributed by atoms with Gasteiger partial charge in [0.1, 0.15) is 11.6 Å². The molecule has 2 aromatic heterocycles. The van der Waals surface area contributed by atoms with Crippen LogP contribution in [-0.4, -0.2) is 26.0 Å². The van der Waals surface area contributed by atoms with Crippen LogP contribution >= 0.6 is 11.8 Å². The van der Waals surface area contributed by atoms with Crippen molar-refractivity contribution in [1.82, 2.24) is 15.0 Å². The van der Waals surface area contributed by atoms with Crippen LogP contribution in [0.1, 0.15) is 57.6 Å². The van der Waals surface area contributed by atoms with Gasteiger partial charge in [0.2, 0.25) is 0 Å². The Morgan fingerprint density at radius 3 is 2.66 bits per heavy atom. The van der Waals surface area contributed by atoms with E-state index in [0.717, 1.165) is 17.7 Å². The van der Waals surface area contributed by atoms with Gasteiger partial charge in [-0.15, -0.1) is 0 Å². The number of nitrogens with zero attached hydrogens (tertiary/aromatic N) is 2. The molecule has 3 atom stereocenters. The SMILES string of the molecule is CC[C@H](C)Sc1nc2c(c(=O)[nH]1)[C@@H](c1ccncc1)[C@@H]1C(=O)CC(C)(C)C=C1N2. The number of aromatic amines is 1. The van der Waals surface area contributed by atoms with Crippen LogP contribution in [0.3, 0.4) is 0 Å². The highest BCUT2D eigenvalue weighted by Crippen LogP contribution is 2.47. The van der Waals surface area contributed by atoms with E-state index in [0.29, 0.717) is 28.2 Å². The first-order chi connectivity index (χ1) is 13.8. The number of H-pyrrole nitrogens is 1. The number of anilines is 1. The van der Waals surface area contributed by atoms with Crippen molar-refractivity contribution >= 4 is 23.4 Å². The van der Waals surface area contributed by atoms with Gasteiger partial charge in [-0.25, -0.2) is 4.98 Å². The molecule has 0 radical (unpaired) electrons. The van der Waals surface area contributed by atoms with E-state index in [1.165, 1.54) is 0 Å². The summed E-state index contributed by atoms with van der Waals surface area (Å²) in [6.07, 6.45) is 6.96. The highest BCUT2D eigenvalue weighted by atomic mass is 32.2. The maximum absolute atomic E-state index is 13.2. The van der Waals surface area contributed by atoms with Gasteiger partial charge in [0.15, 0.2) is 5.16 Å². The quantitative estimate of drug-likeness (QED) is 0.582. The molecule has 0 bridgehead atoms. The zero-order valence-corrected chi connectivity index (χ0v) is 18.0. The first-order valence-corrected chi connectivity index (χ1v) is 10.9. The molecule has 152 valence electrons. The topological polar surface area (TPSA) is 87.7 Å². The van der Waals surface area contributed by atoms with Crippen LogP contribution in [0, 0.1) is 11.3 Å². The van der Waals surface area contributed by atoms with Crippen molar-refractivity contribution in [3.05, 3.63) is 57.8 Å². The fraction of sp³-hybridized carbons (Fsp3) is 0.455. The summed E-state index contributed by atoms with van der Waals surface area (Å²) in [5.74, 6) is -0.0869. The molecule has 29 heavy (non-hydrogen) atoms. The number of thioether (sulfide) groups is 1. The van der Waals surface area contributed by atoms with Crippen LogP contribution in [0.15, 0.2) is 46.3 Å². The number of carbonyl (C=O) groups is 1. The second-order valence-corrected chi connectivity index (χ2v) is 9.99. The van der Waals surface area contributed by atoms with Crippen LogP contribution in [0.25, 0.3) is 0 Å². The number of carbonyl (C=O) groups excluding carboxylic acids is 1. The fourth-order valence-electron chi connectivity index (χ4n) is 4.18. The maximum atomic E-state index is 13.2. The number of hydrogen-bond acceptors (Lipinski definition) is 6. The Balaban J connectivity index is 1.90. The van der Waals surface area contributed by atoms with Gasteiger partial charge < -0.3 is 10.3 Å². The molecule has 0 saturated carbocycles. The van der Waals surface area contributed by atoms with Gasteiger partial charge in [-0.3, -0.25) is 14.6 Å². The molecule has 1 aliphatic heterocycles. The maximum Gasteiger partial charge on any atom is 0.257 e. The van der Waals surface area contributed by atoms with Crippen molar-refractivity contribution in [2.45, 2.75) is 56.9 Å². The summed E-state index contributed by atoms with van der Waals surface area (Å²) in [5, 5.41) is 4.28. The van der Waals surface area contributed by atoms with Crippen LogP contribution in [0.2, 0.25) is 0 Å². The van der Waals surface area contributed by atoms with E-state index < -0.39 is 5.92 Å². The Kier molecular flexibility index (Phi) is 5.11. The van der Waals surface area contributed by atoms with Gasteiger partial charge in [0.05, 0.1) is 11.5 Å². The van der Waals surface area contributed by atoms with Crippen molar-refractivity contribution in [2.24, 2.45) is 11.3 Å². The molecule has 0 spiro atoms. The van der Waals surface area contributed by atoms with Gasteiger partial charge in [0.25, 0.3) is 5.56 Å². The van der Waals surface area contributed by atoms with E-state index in [9.17, 15) is 9.59 Å². The average Bonchev–Trinajstić information content (AvgIpc) is 2.66. The first kappa shape index (κ1) is 19.9. The van der Waals surface area contributed by atoms with E-state index in [4.69, 9.17) is 4.98 Å². The standard InChI is InChI=1S/C22H26N4O2S/c1-5-12(2)29-21-25-19-18(20(28)26-21)16(13-6-8-23-9-7-13)17-14(24-19)10-22(3,4)11-15(17)27/h6-10,12,16-17H,5,11H2,1-4H3,(H2,24,25,26,28)/t12-,16-,17-/m0/s1. The molecule has 0 saturated heterocycles. The minimum absolute atomic E-state index is 0.143. The van der Waals surface area contributed by atoms with E-state index in [1.54, 1.807) is 24.2 Å². The van der Waals surface area contributed by atoms with Crippen molar-refractivity contribution in [2.75, 3.05) is 5.32 Å². The number of rotatable bonds is 4. The number of pyridine rings is 1. The van der Waals surface area contributed by atoms with Crippen LogP contribution < -0.4 is 10.9 Å². The molecule has 4 rings (SSSR count). The van der Waals surface area contributed by atoms with E-state index in [2.05, 4.69) is 49.1 Å².